The maximum absolute atomic E-state index is 11.3. The summed E-state index contributed by atoms with van der Waals surface area (Å²) in [5.74, 6) is 1.41. The van der Waals surface area contributed by atoms with Crippen LogP contribution in [-0.2, 0) is 23.7 Å². The second kappa shape index (κ2) is 7.95. The fraction of sp³-hybridized carbons (Fsp3) is 0.947. The molecule has 7 heteroatoms. The van der Waals surface area contributed by atoms with E-state index in [1.165, 1.54) is 7.11 Å². The number of carbonyl (C=O) groups is 1. The van der Waals surface area contributed by atoms with Gasteiger partial charge in [0.2, 0.25) is 0 Å². The van der Waals surface area contributed by atoms with Crippen molar-refractivity contribution in [3.05, 3.63) is 0 Å². The number of ether oxygens (including phenoxy) is 4. The first-order valence-corrected chi connectivity index (χ1v) is 10.7. The third-order valence-electron chi connectivity index (χ3n) is 5.89. The van der Waals surface area contributed by atoms with Gasteiger partial charge in [-0.2, -0.15) is 11.8 Å². The number of methoxy groups -OCH3 is 1. The zero-order valence-corrected chi connectivity index (χ0v) is 17.0. The average Bonchev–Trinajstić information content (AvgIpc) is 2.60. The predicted molar refractivity (Wildman–Crippen MR) is 99.0 cm³/mol. The van der Waals surface area contributed by atoms with Crippen molar-refractivity contribution in [2.45, 2.75) is 88.7 Å². The first kappa shape index (κ1) is 20.4. The molecule has 4 fully saturated rings. The van der Waals surface area contributed by atoms with E-state index in [0.29, 0.717) is 12.2 Å². The molecular formula is C19H32O6S. The second-order valence-corrected chi connectivity index (χ2v) is 9.59. The van der Waals surface area contributed by atoms with Crippen LogP contribution in [0.15, 0.2) is 0 Å². The van der Waals surface area contributed by atoms with Gasteiger partial charge in [0.1, 0.15) is 6.10 Å². The SMILES string of the molecule is COC(=O)CCSCC1OC2OC(C)(C)CCCCC3(C)OC(C2O)C13. The molecule has 150 valence electrons. The molecular weight excluding hydrogens is 356 g/mol. The quantitative estimate of drug-likeness (QED) is 0.573. The van der Waals surface area contributed by atoms with E-state index >= 15 is 0 Å². The third kappa shape index (κ3) is 4.22. The van der Waals surface area contributed by atoms with Crippen LogP contribution in [0, 0.1) is 5.92 Å². The van der Waals surface area contributed by atoms with Crippen LogP contribution in [0.2, 0.25) is 0 Å². The van der Waals surface area contributed by atoms with Crippen LogP contribution in [0.5, 0.6) is 0 Å². The van der Waals surface area contributed by atoms with Crippen molar-refractivity contribution >= 4 is 17.7 Å². The van der Waals surface area contributed by atoms with Gasteiger partial charge < -0.3 is 24.1 Å². The number of esters is 1. The first-order valence-electron chi connectivity index (χ1n) is 9.59. The average molecular weight is 389 g/mol. The van der Waals surface area contributed by atoms with Crippen LogP contribution in [0.25, 0.3) is 0 Å². The monoisotopic (exact) mass is 388 g/mol. The highest BCUT2D eigenvalue weighted by Gasteiger charge is 2.63. The Morgan fingerprint density at radius 1 is 1.23 bits per heavy atom. The summed E-state index contributed by atoms with van der Waals surface area (Å²) in [6.07, 6.45) is 2.73. The van der Waals surface area contributed by atoms with Gasteiger partial charge in [-0.3, -0.25) is 4.79 Å². The number of carbonyl (C=O) groups excluding carboxylic acids is 1. The fourth-order valence-electron chi connectivity index (χ4n) is 4.44. The van der Waals surface area contributed by atoms with E-state index in [9.17, 15) is 9.90 Å². The molecule has 6 nitrogen and oxygen atoms in total. The van der Waals surface area contributed by atoms with Crippen LogP contribution < -0.4 is 0 Å². The largest absolute Gasteiger partial charge is 0.469 e. The van der Waals surface area contributed by atoms with Crippen molar-refractivity contribution in [2.24, 2.45) is 5.92 Å². The molecule has 6 atom stereocenters. The number of rotatable bonds is 5. The number of fused-ring (bicyclic) bond motifs is 6. The van der Waals surface area contributed by atoms with E-state index in [1.54, 1.807) is 11.8 Å². The van der Waals surface area contributed by atoms with Crippen LogP contribution in [0.1, 0.15) is 52.9 Å². The Hall–Kier alpha value is -0.340. The molecule has 0 radical (unpaired) electrons. The van der Waals surface area contributed by atoms with E-state index < -0.39 is 12.4 Å². The van der Waals surface area contributed by atoms with Crippen molar-refractivity contribution in [2.75, 3.05) is 18.6 Å². The van der Waals surface area contributed by atoms with Crippen LogP contribution >= 0.6 is 11.8 Å². The molecule has 0 spiro atoms. The minimum Gasteiger partial charge on any atom is -0.469 e. The molecule has 4 bridgehead atoms. The molecule has 4 heterocycles. The number of aliphatic hydroxyl groups is 1. The molecule has 0 aromatic rings. The standard InChI is InChI=1S/C19H32O6S/c1-18(2)8-5-6-9-19(3)14-12(11-26-10-7-13(20)22-4)23-17(25-18)15(21)16(14)24-19/h12,14-17,21H,5-11H2,1-4H3. The number of aliphatic hydroxyl groups excluding tert-OH is 1. The maximum Gasteiger partial charge on any atom is 0.306 e. The maximum atomic E-state index is 11.3. The van der Waals surface area contributed by atoms with Gasteiger partial charge in [0.05, 0.1) is 36.9 Å². The van der Waals surface area contributed by atoms with Crippen LogP contribution in [0.3, 0.4) is 0 Å². The molecule has 4 aliphatic heterocycles. The highest BCUT2D eigenvalue weighted by Crippen LogP contribution is 2.51. The molecule has 26 heavy (non-hydrogen) atoms. The molecule has 0 saturated carbocycles. The topological polar surface area (TPSA) is 74.2 Å². The predicted octanol–water partition coefficient (Wildman–Crippen LogP) is 2.51. The summed E-state index contributed by atoms with van der Waals surface area (Å²) in [4.78, 5) is 11.3. The third-order valence-corrected chi connectivity index (χ3v) is 6.94. The lowest BCUT2D eigenvalue weighted by atomic mass is 9.69. The summed E-state index contributed by atoms with van der Waals surface area (Å²) >= 11 is 1.68. The van der Waals surface area contributed by atoms with Crippen molar-refractivity contribution < 1.29 is 28.8 Å². The molecule has 4 aliphatic rings. The minimum atomic E-state index is -0.762. The molecule has 6 unspecified atom stereocenters. The lowest BCUT2D eigenvalue weighted by Crippen LogP contribution is -2.72. The second-order valence-electron chi connectivity index (χ2n) is 8.44. The number of hydrogen-bond acceptors (Lipinski definition) is 7. The zero-order chi connectivity index (χ0) is 18.9. The highest BCUT2D eigenvalue weighted by molar-refractivity contribution is 7.99. The smallest absolute Gasteiger partial charge is 0.306 e. The Bertz CT molecular complexity index is 512. The van der Waals surface area contributed by atoms with E-state index in [-0.39, 0.29) is 35.3 Å². The Labute approximate surface area is 160 Å². The van der Waals surface area contributed by atoms with Gasteiger partial charge in [0.25, 0.3) is 0 Å². The lowest BCUT2D eigenvalue weighted by molar-refractivity contribution is -0.391. The molecule has 4 saturated heterocycles. The van der Waals surface area contributed by atoms with Gasteiger partial charge in [-0.1, -0.05) is 12.8 Å². The van der Waals surface area contributed by atoms with Gasteiger partial charge in [-0.05, 0) is 33.6 Å². The Morgan fingerprint density at radius 3 is 2.69 bits per heavy atom. The zero-order valence-electron chi connectivity index (χ0n) is 16.2. The van der Waals surface area contributed by atoms with Gasteiger partial charge in [-0.15, -0.1) is 0 Å². The summed E-state index contributed by atoms with van der Waals surface area (Å²) in [5, 5.41) is 10.7. The van der Waals surface area contributed by atoms with Crippen LogP contribution in [0.4, 0.5) is 0 Å². The van der Waals surface area contributed by atoms with E-state index in [2.05, 4.69) is 20.8 Å². The molecule has 0 aromatic carbocycles. The summed E-state index contributed by atoms with van der Waals surface area (Å²) < 4.78 is 23.3. The van der Waals surface area contributed by atoms with E-state index in [0.717, 1.165) is 31.4 Å². The van der Waals surface area contributed by atoms with Crippen molar-refractivity contribution in [1.29, 1.82) is 0 Å². The van der Waals surface area contributed by atoms with Crippen molar-refractivity contribution in [3.8, 4) is 0 Å². The highest BCUT2D eigenvalue weighted by atomic mass is 32.2. The Morgan fingerprint density at radius 2 is 1.96 bits per heavy atom. The van der Waals surface area contributed by atoms with Gasteiger partial charge in [-0.25, -0.2) is 0 Å². The molecule has 1 N–H and O–H groups in total. The Kier molecular flexibility index (Phi) is 6.24. The van der Waals surface area contributed by atoms with Gasteiger partial charge in [0, 0.05) is 17.4 Å². The summed E-state index contributed by atoms with van der Waals surface area (Å²) in [6, 6.07) is 0. The molecule has 4 rings (SSSR count). The lowest BCUT2D eigenvalue weighted by Gasteiger charge is -2.61. The first-order chi connectivity index (χ1) is 12.3. The van der Waals surface area contributed by atoms with Crippen LogP contribution in [-0.4, -0.2) is 65.5 Å². The molecule has 0 amide bonds. The van der Waals surface area contributed by atoms with E-state index in [1.807, 2.05) is 0 Å². The normalized spacial score (nSPS) is 41.8. The number of thioether (sulfide) groups is 1. The Balaban J connectivity index is 1.70. The molecule has 0 aliphatic carbocycles. The number of hydrogen-bond donors (Lipinski definition) is 1. The summed E-state index contributed by atoms with van der Waals surface area (Å²) in [7, 11) is 1.41. The fourth-order valence-corrected chi connectivity index (χ4v) is 5.44. The molecule has 0 aromatic heterocycles. The minimum absolute atomic E-state index is 0.0521. The van der Waals surface area contributed by atoms with Crippen molar-refractivity contribution in [3.63, 3.8) is 0 Å². The van der Waals surface area contributed by atoms with Gasteiger partial charge in [0.15, 0.2) is 6.29 Å². The summed E-state index contributed by atoms with van der Waals surface area (Å²) in [6.45, 7) is 6.25. The summed E-state index contributed by atoms with van der Waals surface area (Å²) in [5.41, 5.74) is -0.588. The van der Waals surface area contributed by atoms with E-state index in [4.69, 9.17) is 18.9 Å². The van der Waals surface area contributed by atoms with Crippen molar-refractivity contribution in [1.82, 2.24) is 0 Å². The van der Waals surface area contributed by atoms with Gasteiger partial charge >= 0.3 is 5.97 Å².